The first-order chi connectivity index (χ1) is 21.3. The molecule has 0 aromatic rings. The maximum Gasteiger partial charge on any atom is 0.302 e. The molecule has 14 heteroatoms. The lowest BCUT2D eigenvalue weighted by atomic mass is 10.6. The number of hydrogen-bond donors (Lipinski definition) is 0. The Morgan fingerprint density at radius 3 is 0.744 bits per heavy atom. The van der Waals surface area contributed by atoms with Crippen molar-refractivity contribution in [2.45, 2.75) is 6.92 Å². The first kappa shape index (κ1) is 41.5. The van der Waals surface area contributed by atoms with Crippen LogP contribution in [-0.4, -0.2) is 171 Å². The number of esters is 1. The van der Waals surface area contributed by atoms with Gasteiger partial charge in [-0.25, -0.2) is 0 Å². The van der Waals surface area contributed by atoms with Gasteiger partial charge >= 0.3 is 5.97 Å². The second kappa shape index (κ2) is 38.6. The summed E-state index contributed by atoms with van der Waals surface area (Å²) in [7, 11) is 0. The van der Waals surface area contributed by atoms with Crippen LogP contribution < -0.4 is 0 Å². The van der Waals surface area contributed by atoms with Gasteiger partial charge in [0, 0.05) is 6.92 Å². The Morgan fingerprint density at radius 2 is 0.558 bits per heavy atom. The molecule has 0 spiro atoms. The van der Waals surface area contributed by atoms with Crippen LogP contribution in [0.3, 0.4) is 0 Å². The van der Waals surface area contributed by atoms with Crippen molar-refractivity contribution in [2.24, 2.45) is 0 Å². The summed E-state index contributed by atoms with van der Waals surface area (Å²) in [5, 5.41) is 0. The fraction of sp³-hybridized carbons (Fsp3) is 0.897. The third-order valence-electron chi connectivity index (χ3n) is 4.81. The van der Waals surface area contributed by atoms with Crippen molar-refractivity contribution >= 4 is 5.97 Å². The Bertz CT molecular complexity index is 590. The number of ether oxygens (including phenoxy) is 13. The summed E-state index contributed by atoms with van der Waals surface area (Å²) >= 11 is 0. The van der Waals surface area contributed by atoms with Gasteiger partial charge in [0.1, 0.15) is 13.2 Å². The van der Waals surface area contributed by atoms with Crippen molar-refractivity contribution in [1.82, 2.24) is 0 Å². The monoisotopic (exact) mass is 626 g/mol. The molecule has 0 unspecified atom stereocenters. The second-order valence-corrected chi connectivity index (χ2v) is 8.33. The molecule has 0 bridgehead atoms. The van der Waals surface area contributed by atoms with Gasteiger partial charge in [-0.1, -0.05) is 5.92 Å². The normalized spacial score (nSPS) is 11.2. The highest BCUT2D eigenvalue weighted by Gasteiger charge is 1.97. The number of rotatable bonds is 37. The summed E-state index contributed by atoms with van der Waals surface area (Å²) in [6.45, 7) is 13.1. The third-order valence-corrected chi connectivity index (χ3v) is 4.81. The van der Waals surface area contributed by atoms with E-state index in [1.165, 1.54) is 6.92 Å². The van der Waals surface area contributed by atoms with Gasteiger partial charge in [0.15, 0.2) is 0 Å². The van der Waals surface area contributed by atoms with Gasteiger partial charge in [-0.05, 0) is 0 Å². The Hall–Kier alpha value is -1.45. The second-order valence-electron chi connectivity index (χ2n) is 8.33. The molecule has 0 saturated carbocycles. The van der Waals surface area contributed by atoms with E-state index in [1.54, 1.807) is 0 Å². The molecular formula is C29H54O14. The average molecular weight is 627 g/mol. The van der Waals surface area contributed by atoms with E-state index in [4.69, 9.17) is 68.0 Å². The molecule has 0 saturated heterocycles. The topological polar surface area (TPSA) is 137 Å². The van der Waals surface area contributed by atoms with Crippen LogP contribution in [0.5, 0.6) is 0 Å². The fourth-order valence-electron chi connectivity index (χ4n) is 2.79. The van der Waals surface area contributed by atoms with Crippen LogP contribution in [0, 0.1) is 12.3 Å². The van der Waals surface area contributed by atoms with Crippen LogP contribution in [0.4, 0.5) is 0 Å². The summed E-state index contributed by atoms with van der Waals surface area (Å²) < 4.78 is 69.3. The van der Waals surface area contributed by atoms with Crippen molar-refractivity contribution in [2.75, 3.05) is 165 Å². The minimum atomic E-state index is -0.313. The molecule has 0 radical (unpaired) electrons. The van der Waals surface area contributed by atoms with E-state index in [-0.39, 0.29) is 12.6 Å². The van der Waals surface area contributed by atoms with E-state index in [2.05, 4.69) is 5.92 Å². The average Bonchev–Trinajstić information content (AvgIpc) is 3.00. The Labute approximate surface area is 257 Å². The molecule has 0 amide bonds. The minimum Gasteiger partial charge on any atom is -0.463 e. The Morgan fingerprint density at radius 1 is 0.372 bits per heavy atom. The predicted octanol–water partition coefficient (Wildman–Crippen LogP) is 0.382. The minimum absolute atomic E-state index is 0.256. The van der Waals surface area contributed by atoms with E-state index >= 15 is 0 Å². The molecule has 0 fully saturated rings. The fourth-order valence-corrected chi connectivity index (χ4v) is 2.79. The number of carbonyl (C=O) groups is 1. The van der Waals surface area contributed by atoms with Crippen LogP contribution >= 0.6 is 0 Å². The van der Waals surface area contributed by atoms with Gasteiger partial charge in [-0.2, -0.15) is 0 Å². The summed E-state index contributed by atoms with van der Waals surface area (Å²) in [4.78, 5) is 10.6. The van der Waals surface area contributed by atoms with Crippen LogP contribution in [0.1, 0.15) is 6.92 Å². The first-order valence-corrected chi connectivity index (χ1v) is 14.8. The standard InChI is InChI=1S/C29H54O14/c1-3-4-31-5-6-32-7-8-33-9-10-34-11-12-35-13-14-36-15-16-37-17-18-38-19-20-39-21-22-40-23-24-41-25-26-42-27-28-43-29(2)30/h1H,4-28H2,2H3. The van der Waals surface area contributed by atoms with Crippen molar-refractivity contribution in [3.8, 4) is 12.3 Å². The van der Waals surface area contributed by atoms with Gasteiger partial charge in [0.25, 0.3) is 0 Å². The van der Waals surface area contributed by atoms with Crippen molar-refractivity contribution in [1.29, 1.82) is 0 Å². The SMILES string of the molecule is C#CCOCCOCCOCCOCCOCCOCCOCCOCCOCCOCCOCCOCCOC(C)=O. The van der Waals surface area contributed by atoms with Crippen molar-refractivity contribution in [3.05, 3.63) is 0 Å². The van der Waals surface area contributed by atoms with E-state index in [9.17, 15) is 4.79 Å². The molecule has 43 heavy (non-hydrogen) atoms. The van der Waals surface area contributed by atoms with Gasteiger partial charge in [-0.3, -0.25) is 4.79 Å². The zero-order valence-corrected chi connectivity index (χ0v) is 26.0. The molecule has 0 aliphatic heterocycles. The smallest absolute Gasteiger partial charge is 0.302 e. The highest BCUT2D eigenvalue weighted by Crippen LogP contribution is 1.87. The Kier molecular flexibility index (Phi) is 37.3. The molecule has 0 aromatic carbocycles. The highest BCUT2D eigenvalue weighted by atomic mass is 16.6. The summed E-state index contributed by atoms with van der Waals surface area (Å²) in [6.07, 6.45) is 5.07. The maximum atomic E-state index is 10.6. The van der Waals surface area contributed by atoms with Crippen LogP contribution in [0.25, 0.3) is 0 Å². The molecule has 0 atom stereocenters. The van der Waals surface area contributed by atoms with E-state index in [1.807, 2.05) is 0 Å². The molecule has 254 valence electrons. The van der Waals surface area contributed by atoms with Gasteiger partial charge < -0.3 is 61.6 Å². The third kappa shape index (κ3) is 40.5. The molecule has 0 aliphatic carbocycles. The molecule has 0 rings (SSSR count). The lowest BCUT2D eigenvalue weighted by molar-refractivity contribution is -0.142. The summed E-state index contributed by atoms with van der Waals surface area (Å²) in [6, 6.07) is 0. The maximum absolute atomic E-state index is 10.6. The van der Waals surface area contributed by atoms with Gasteiger partial charge in [0.05, 0.1) is 152 Å². The van der Waals surface area contributed by atoms with E-state index in [0.717, 1.165) is 0 Å². The zero-order chi connectivity index (χ0) is 31.2. The number of hydrogen-bond acceptors (Lipinski definition) is 14. The number of carbonyl (C=O) groups excluding carboxylic acids is 1. The predicted molar refractivity (Wildman–Crippen MR) is 155 cm³/mol. The van der Waals surface area contributed by atoms with Crippen LogP contribution in [-0.2, 0) is 66.4 Å². The lowest BCUT2D eigenvalue weighted by Gasteiger charge is -2.09. The van der Waals surface area contributed by atoms with E-state index < -0.39 is 0 Å². The van der Waals surface area contributed by atoms with Crippen molar-refractivity contribution < 1.29 is 66.4 Å². The van der Waals surface area contributed by atoms with Crippen LogP contribution in [0.15, 0.2) is 0 Å². The Balaban J connectivity index is 3.04. The number of terminal acetylenes is 1. The molecule has 14 nitrogen and oxygen atoms in total. The quantitative estimate of drug-likeness (QED) is 0.0534. The molecule has 0 N–H and O–H groups in total. The van der Waals surface area contributed by atoms with Crippen LogP contribution in [0.2, 0.25) is 0 Å². The molecule has 0 heterocycles. The summed E-state index contributed by atoms with van der Waals surface area (Å²) in [5.74, 6) is 2.08. The molecule has 0 aliphatic rings. The zero-order valence-electron chi connectivity index (χ0n) is 26.0. The van der Waals surface area contributed by atoms with E-state index in [0.29, 0.717) is 159 Å². The van der Waals surface area contributed by atoms with Crippen molar-refractivity contribution in [3.63, 3.8) is 0 Å². The van der Waals surface area contributed by atoms with Gasteiger partial charge in [-0.15, -0.1) is 6.42 Å². The highest BCUT2D eigenvalue weighted by molar-refractivity contribution is 5.65. The summed E-state index contributed by atoms with van der Waals surface area (Å²) in [5.41, 5.74) is 0. The lowest BCUT2D eigenvalue weighted by Crippen LogP contribution is -2.15. The molecule has 0 aromatic heterocycles. The largest absolute Gasteiger partial charge is 0.463 e. The van der Waals surface area contributed by atoms with Gasteiger partial charge in [0.2, 0.25) is 0 Å². The molecular weight excluding hydrogens is 572 g/mol. The first-order valence-electron chi connectivity index (χ1n) is 14.8.